The zero-order valence-corrected chi connectivity index (χ0v) is 17.9. The first-order valence-electron chi connectivity index (χ1n) is 10.2. The molecular weight excluding hydrogens is 395 g/mol. The highest BCUT2D eigenvalue weighted by Gasteiger charge is 2.17. The number of carbonyl (C=O) groups excluding carboxylic acids is 1. The number of halogens is 1. The van der Waals surface area contributed by atoms with Crippen molar-refractivity contribution in [1.29, 1.82) is 0 Å². The minimum atomic E-state index is -0.760. The molecule has 0 amide bonds. The minimum Gasteiger partial charge on any atom is -0.386 e. The summed E-state index contributed by atoms with van der Waals surface area (Å²) in [5.41, 5.74) is 2.80. The average Bonchev–Trinajstić information content (AvgIpc) is 2.82. The summed E-state index contributed by atoms with van der Waals surface area (Å²) in [4.78, 5) is 10.2. The van der Waals surface area contributed by atoms with Crippen molar-refractivity contribution in [1.82, 2.24) is 0 Å². The van der Waals surface area contributed by atoms with Crippen LogP contribution in [0.25, 0.3) is 0 Å². The van der Waals surface area contributed by atoms with Gasteiger partial charge in [-0.05, 0) is 42.7 Å². The number of carbonyl (C=O) groups is 1. The molecule has 0 radical (unpaired) electrons. The van der Waals surface area contributed by atoms with Gasteiger partial charge in [0.25, 0.3) is 0 Å². The lowest BCUT2D eigenvalue weighted by molar-refractivity contribution is -0.117. The van der Waals surface area contributed by atoms with Crippen LogP contribution in [0.15, 0.2) is 84.9 Å². The summed E-state index contributed by atoms with van der Waals surface area (Å²) in [6.45, 7) is 4.48. The summed E-state index contributed by atoms with van der Waals surface area (Å²) in [6.07, 6.45) is -0.636. The number of ether oxygens (including phenoxy) is 2. The van der Waals surface area contributed by atoms with Crippen molar-refractivity contribution in [2.24, 2.45) is 0 Å². The molecular formula is C26H29FO4. The van der Waals surface area contributed by atoms with Gasteiger partial charge in [-0.1, -0.05) is 72.8 Å². The van der Waals surface area contributed by atoms with Gasteiger partial charge in [0.15, 0.2) is 0 Å². The smallest absolute Gasteiger partial charge is 0.148 e. The van der Waals surface area contributed by atoms with Crippen molar-refractivity contribution in [2.75, 3.05) is 0 Å². The van der Waals surface area contributed by atoms with Gasteiger partial charge >= 0.3 is 0 Å². The molecule has 0 saturated carbocycles. The first-order valence-corrected chi connectivity index (χ1v) is 10.2. The summed E-state index contributed by atoms with van der Waals surface area (Å²) >= 11 is 0. The number of rotatable bonds is 9. The molecule has 3 atom stereocenters. The lowest BCUT2D eigenvalue weighted by Crippen LogP contribution is -2.18. The molecule has 0 bridgehead atoms. The minimum absolute atomic E-state index is 0.311. The van der Waals surface area contributed by atoms with Gasteiger partial charge in [-0.15, -0.1) is 0 Å². The Morgan fingerprint density at radius 2 is 1.29 bits per heavy atom. The molecule has 4 nitrogen and oxygen atoms in total. The van der Waals surface area contributed by atoms with E-state index in [0.29, 0.717) is 18.8 Å². The predicted molar refractivity (Wildman–Crippen MR) is 119 cm³/mol. The van der Waals surface area contributed by atoms with Crippen LogP contribution in [-0.4, -0.2) is 23.6 Å². The summed E-state index contributed by atoms with van der Waals surface area (Å²) in [7, 11) is 0. The molecule has 1 unspecified atom stereocenters. The van der Waals surface area contributed by atoms with E-state index in [1.165, 1.54) is 12.1 Å². The molecule has 0 aliphatic rings. The molecule has 31 heavy (non-hydrogen) atoms. The van der Waals surface area contributed by atoms with Gasteiger partial charge in [0.1, 0.15) is 24.3 Å². The van der Waals surface area contributed by atoms with Gasteiger partial charge in [-0.3, -0.25) is 0 Å². The average molecular weight is 425 g/mol. The van der Waals surface area contributed by atoms with Gasteiger partial charge in [0, 0.05) is 0 Å². The van der Waals surface area contributed by atoms with Crippen LogP contribution < -0.4 is 0 Å². The Morgan fingerprint density at radius 1 is 0.806 bits per heavy atom. The Labute approximate surface area is 183 Å². The number of aliphatic hydroxyl groups is 1. The van der Waals surface area contributed by atoms with E-state index >= 15 is 0 Å². The second-order valence-electron chi connectivity index (χ2n) is 7.14. The van der Waals surface area contributed by atoms with Crippen molar-refractivity contribution >= 4 is 6.29 Å². The molecule has 0 aromatic heterocycles. The zero-order valence-electron chi connectivity index (χ0n) is 17.9. The summed E-state index contributed by atoms with van der Waals surface area (Å²) in [6, 6.07) is 25.4. The molecule has 0 aliphatic carbocycles. The quantitative estimate of drug-likeness (QED) is 0.477. The van der Waals surface area contributed by atoms with Gasteiger partial charge in [-0.25, -0.2) is 4.39 Å². The number of benzene rings is 3. The highest BCUT2D eigenvalue weighted by atomic mass is 19.1. The Morgan fingerprint density at radius 3 is 1.77 bits per heavy atom. The molecule has 0 aliphatic heterocycles. The summed E-state index contributed by atoms with van der Waals surface area (Å²) in [5, 5.41) is 10.1. The fraction of sp³-hybridized carbons (Fsp3) is 0.269. The Balaban J connectivity index is 0.000000245. The number of aliphatic hydroxyl groups excluding tert-OH is 1. The van der Waals surface area contributed by atoms with Gasteiger partial charge < -0.3 is 19.4 Å². The van der Waals surface area contributed by atoms with Crippen LogP contribution >= 0.6 is 0 Å². The van der Waals surface area contributed by atoms with E-state index in [0.717, 1.165) is 17.4 Å². The molecule has 0 fully saturated rings. The van der Waals surface area contributed by atoms with Crippen LogP contribution in [0.2, 0.25) is 0 Å². The number of hydrogen-bond acceptors (Lipinski definition) is 4. The molecule has 0 spiro atoms. The third kappa shape index (κ3) is 9.22. The molecule has 5 heteroatoms. The maximum atomic E-state index is 12.8. The molecule has 0 saturated heterocycles. The second-order valence-corrected chi connectivity index (χ2v) is 7.14. The monoisotopic (exact) mass is 424 g/mol. The van der Waals surface area contributed by atoms with Crippen LogP contribution in [0.4, 0.5) is 4.39 Å². The molecule has 3 aromatic carbocycles. The molecule has 0 heterocycles. The molecule has 164 valence electrons. The normalized spacial score (nSPS) is 13.4. The Bertz CT molecular complexity index is 869. The van der Waals surface area contributed by atoms with E-state index in [4.69, 9.17) is 9.47 Å². The van der Waals surface area contributed by atoms with E-state index in [1.54, 1.807) is 26.0 Å². The predicted octanol–water partition coefficient (Wildman–Crippen LogP) is 5.26. The van der Waals surface area contributed by atoms with Gasteiger partial charge in [0.05, 0.1) is 19.3 Å². The fourth-order valence-corrected chi connectivity index (χ4v) is 2.67. The molecule has 3 aromatic rings. The first-order chi connectivity index (χ1) is 15.0. The first kappa shape index (κ1) is 24.4. The maximum Gasteiger partial charge on any atom is 0.148 e. The van der Waals surface area contributed by atoms with E-state index in [9.17, 15) is 14.3 Å². The third-order valence-corrected chi connectivity index (χ3v) is 4.56. The van der Waals surface area contributed by atoms with Crippen LogP contribution in [0, 0.1) is 5.82 Å². The zero-order chi connectivity index (χ0) is 22.5. The highest BCUT2D eigenvalue weighted by Crippen LogP contribution is 2.20. The Hall–Kier alpha value is -2.86. The second kappa shape index (κ2) is 13.4. The maximum absolute atomic E-state index is 12.8. The van der Waals surface area contributed by atoms with Crippen LogP contribution in [0.5, 0.6) is 0 Å². The number of hydrogen-bond donors (Lipinski definition) is 1. The Kier molecular flexibility index (Phi) is 10.6. The summed E-state index contributed by atoms with van der Waals surface area (Å²) < 4.78 is 23.6. The van der Waals surface area contributed by atoms with Crippen molar-refractivity contribution in [3.63, 3.8) is 0 Å². The fourth-order valence-electron chi connectivity index (χ4n) is 2.67. The highest BCUT2D eigenvalue weighted by molar-refractivity contribution is 5.55. The SMILES string of the molecule is C[C@@H](C=O)OCc1ccccc1.C[C@H](OCc1ccccc1)C(O)c1ccc(F)cc1. The van der Waals surface area contributed by atoms with Crippen LogP contribution in [0.3, 0.4) is 0 Å². The standard InChI is InChI=1S/C16H17FO2.C10H12O2/c1-12(19-11-13-5-3-2-4-6-13)16(18)14-7-9-15(17)10-8-14;1-9(7-11)12-8-10-5-3-2-4-6-10/h2-10,12,16,18H,11H2,1H3;2-7,9H,8H2,1H3/t12-,16?;9-/m00/s1. The summed E-state index contributed by atoms with van der Waals surface area (Å²) in [5.74, 6) is -0.311. The molecule has 1 N–H and O–H groups in total. The largest absolute Gasteiger partial charge is 0.386 e. The van der Waals surface area contributed by atoms with Crippen LogP contribution in [-0.2, 0) is 27.5 Å². The van der Waals surface area contributed by atoms with E-state index in [-0.39, 0.29) is 18.0 Å². The van der Waals surface area contributed by atoms with Crippen molar-refractivity contribution in [3.8, 4) is 0 Å². The van der Waals surface area contributed by atoms with E-state index in [1.807, 2.05) is 60.7 Å². The topological polar surface area (TPSA) is 55.8 Å². The number of aldehydes is 1. The van der Waals surface area contributed by atoms with Crippen molar-refractivity contribution < 1.29 is 23.8 Å². The lowest BCUT2D eigenvalue weighted by Gasteiger charge is -2.20. The van der Waals surface area contributed by atoms with Gasteiger partial charge in [0.2, 0.25) is 0 Å². The van der Waals surface area contributed by atoms with E-state index < -0.39 is 6.10 Å². The molecule has 3 rings (SSSR count). The lowest BCUT2D eigenvalue weighted by atomic mass is 10.1. The van der Waals surface area contributed by atoms with E-state index in [2.05, 4.69) is 0 Å². The van der Waals surface area contributed by atoms with Crippen molar-refractivity contribution in [2.45, 2.75) is 45.4 Å². The van der Waals surface area contributed by atoms with Crippen LogP contribution in [0.1, 0.15) is 36.6 Å². The van der Waals surface area contributed by atoms with Crippen molar-refractivity contribution in [3.05, 3.63) is 107 Å². The third-order valence-electron chi connectivity index (χ3n) is 4.56. The van der Waals surface area contributed by atoms with Gasteiger partial charge in [-0.2, -0.15) is 0 Å².